The van der Waals surface area contributed by atoms with Crippen LogP contribution in [0.5, 0.6) is 5.75 Å². The Hall–Kier alpha value is -2.28. The van der Waals surface area contributed by atoms with Gasteiger partial charge in [0.2, 0.25) is 5.91 Å². The molecule has 0 saturated carbocycles. The molecule has 0 bridgehead atoms. The summed E-state index contributed by atoms with van der Waals surface area (Å²) in [6, 6.07) is 8.28. The summed E-state index contributed by atoms with van der Waals surface area (Å²) in [6.07, 6.45) is 4.69. The molecule has 29 heavy (non-hydrogen) atoms. The molecule has 7 nitrogen and oxygen atoms in total. The third-order valence-electron chi connectivity index (χ3n) is 5.24. The fraction of sp³-hybridized carbons (Fsp3) is 0.636. The van der Waals surface area contributed by atoms with Gasteiger partial charge in [-0.15, -0.1) is 0 Å². The highest BCUT2D eigenvalue weighted by Crippen LogP contribution is 2.13. The van der Waals surface area contributed by atoms with Crippen LogP contribution in [-0.4, -0.2) is 75.1 Å². The van der Waals surface area contributed by atoms with Crippen LogP contribution in [0, 0.1) is 0 Å². The molecule has 1 aliphatic rings. The van der Waals surface area contributed by atoms with Crippen LogP contribution in [-0.2, 0) is 11.3 Å². The fourth-order valence-electron chi connectivity index (χ4n) is 3.25. The highest BCUT2D eigenvalue weighted by atomic mass is 16.5. The lowest BCUT2D eigenvalue weighted by Gasteiger charge is -2.33. The molecule has 162 valence electrons. The van der Waals surface area contributed by atoms with E-state index < -0.39 is 0 Å². The summed E-state index contributed by atoms with van der Waals surface area (Å²) in [7, 11) is 5.18. The largest absolute Gasteiger partial charge is 0.497 e. The van der Waals surface area contributed by atoms with E-state index in [1.54, 1.807) is 26.1 Å². The molecular weight excluding hydrogens is 366 g/mol. The van der Waals surface area contributed by atoms with Gasteiger partial charge >= 0.3 is 0 Å². The number of likely N-dealkylation sites (tertiary alicyclic amines) is 1. The standard InChI is InChI=1S/C22H37N5O2/c1-5-6-13-27-14-11-19(12-15-27)25-22(24-17-21(28)26(2)3)23-16-18-7-9-20(29-4)10-8-18/h7-10,19H,5-6,11-17H2,1-4H3,(H2,23,24,25). The van der Waals surface area contributed by atoms with Crippen LogP contribution in [0.4, 0.5) is 0 Å². The van der Waals surface area contributed by atoms with Crippen LogP contribution in [0.1, 0.15) is 38.2 Å². The zero-order valence-corrected chi connectivity index (χ0v) is 18.4. The number of unbranched alkanes of at least 4 members (excludes halogenated alkanes) is 1. The molecule has 7 heteroatoms. The molecule has 0 spiro atoms. The zero-order chi connectivity index (χ0) is 21.1. The first-order chi connectivity index (χ1) is 14.0. The third-order valence-corrected chi connectivity index (χ3v) is 5.24. The number of aliphatic imine (C=N–C) groups is 1. The van der Waals surface area contributed by atoms with E-state index in [9.17, 15) is 4.79 Å². The molecule has 2 N–H and O–H groups in total. The molecule has 1 saturated heterocycles. The lowest BCUT2D eigenvalue weighted by molar-refractivity contribution is -0.127. The van der Waals surface area contributed by atoms with Gasteiger partial charge in [0.15, 0.2) is 5.96 Å². The maximum atomic E-state index is 12.0. The molecule has 0 atom stereocenters. The predicted octanol–water partition coefficient (Wildman–Crippen LogP) is 2.08. The van der Waals surface area contributed by atoms with Gasteiger partial charge in [0.1, 0.15) is 5.75 Å². The first-order valence-electron chi connectivity index (χ1n) is 10.6. The van der Waals surface area contributed by atoms with Gasteiger partial charge in [-0.25, -0.2) is 4.99 Å². The summed E-state index contributed by atoms with van der Waals surface area (Å²) >= 11 is 0. The summed E-state index contributed by atoms with van der Waals surface area (Å²) in [5.74, 6) is 1.56. The molecule has 2 rings (SSSR count). The van der Waals surface area contributed by atoms with E-state index in [2.05, 4.69) is 22.5 Å². The van der Waals surface area contributed by atoms with Gasteiger partial charge in [-0.1, -0.05) is 25.5 Å². The van der Waals surface area contributed by atoms with Crippen molar-refractivity contribution in [1.29, 1.82) is 0 Å². The number of carbonyl (C=O) groups excluding carboxylic acids is 1. The van der Waals surface area contributed by atoms with Crippen LogP contribution >= 0.6 is 0 Å². The Morgan fingerprint density at radius 2 is 1.93 bits per heavy atom. The van der Waals surface area contributed by atoms with Crippen LogP contribution in [0.3, 0.4) is 0 Å². The number of rotatable bonds is 9. The van der Waals surface area contributed by atoms with Gasteiger partial charge in [-0.05, 0) is 43.5 Å². The monoisotopic (exact) mass is 403 g/mol. The van der Waals surface area contributed by atoms with E-state index in [-0.39, 0.29) is 12.5 Å². The van der Waals surface area contributed by atoms with Gasteiger partial charge in [0.05, 0.1) is 20.2 Å². The van der Waals surface area contributed by atoms with Crippen LogP contribution in [0.15, 0.2) is 29.3 Å². The number of likely N-dealkylation sites (N-methyl/N-ethyl adjacent to an activating group) is 1. The molecule has 1 heterocycles. The van der Waals surface area contributed by atoms with E-state index in [0.29, 0.717) is 18.5 Å². The molecule has 1 aliphatic heterocycles. The topological polar surface area (TPSA) is 69.2 Å². The van der Waals surface area contributed by atoms with E-state index in [4.69, 9.17) is 9.73 Å². The van der Waals surface area contributed by atoms with Crippen molar-refractivity contribution in [2.24, 2.45) is 4.99 Å². The number of hydrogen-bond acceptors (Lipinski definition) is 4. The maximum Gasteiger partial charge on any atom is 0.241 e. The summed E-state index contributed by atoms with van der Waals surface area (Å²) in [4.78, 5) is 20.8. The number of ether oxygens (including phenoxy) is 1. The van der Waals surface area contributed by atoms with E-state index in [0.717, 1.165) is 37.2 Å². The Bertz CT molecular complexity index is 637. The van der Waals surface area contributed by atoms with Crippen molar-refractivity contribution < 1.29 is 9.53 Å². The fourth-order valence-corrected chi connectivity index (χ4v) is 3.25. The molecule has 1 amide bonds. The summed E-state index contributed by atoms with van der Waals surface area (Å²) in [5, 5.41) is 6.73. The second kappa shape index (κ2) is 12.3. The molecule has 0 radical (unpaired) electrons. The molecule has 1 aromatic rings. The number of carbonyl (C=O) groups is 1. The molecule has 0 aromatic heterocycles. The molecular formula is C22H37N5O2. The number of nitrogens with zero attached hydrogens (tertiary/aromatic N) is 3. The highest BCUT2D eigenvalue weighted by molar-refractivity contribution is 5.86. The van der Waals surface area contributed by atoms with E-state index >= 15 is 0 Å². The number of nitrogens with one attached hydrogen (secondary N) is 2. The van der Waals surface area contributed by atoms with Crippen LogP contribution < -0.4 is 15.4 Å². The SMILES string of the molecule is CCCCN1CCC(NC(=NCc2ccc(OC)cc2)NCC(=O)N(C)C)CC1. The van der Waals surface area contributed by atoms with Crippen molar-refractivity contribution in [3.63, 3.8) is 0 Å². The Morgan fingerprint density at radius 1 is 1.24 bits per heavy atom. The minimum absolute atomic E-state index is 0.0262. The van der Waals surface area contributed by atoms with E-state index in [1.165, 1.54) is 19.4 Å². The quantitative estimate of drug-likeness (QED) is 0.488. The smallest absolute Gasteiger partial charge is 0.241 e. The molecule has 0 aliphatic carbocycles. The summed E-state index contributed by atoms with van der Waals surface area (Å²) in [6.45, 7) is 6.43. The van der Waals surface area contributed by atoms with Crippen molar-refractivity contribution in [2.75, 3.05) is 47.4 Å². The van der Waals surface area contributed by atoms with Crippen molar-refractivity contribution in [3.8, 4) is 5.75 Å². The van der Waals surface area contributed by atoms with Crippen LogP contribution in [0.25, 0.3) is 0 Å². The number of amides is 1. The maximum absolute atomic E-state index is 12.0. The average Bonchev–Trinajstić information content (AvgIpc) is 2.75. The van der Waals surface area contributed by atoms with Gasteiger partial charge < -0.3 is 25.2 Å². The van der Waals surface area contributed by atoms with Crippen molar-refractivity contribution in [1.82, 2.24) is 20.4 Å². The zero-order valence-electron chi connectivity index (χ0n) is 18.4. The first kappa shape index (κ1) is 23.0. The molecule has 1 fully saturated rings. The van der Waals surface area contributed by atoms with Crippen LogP contribution in [0.2, 0.25) is 0 Å². The number of benzene rings is 1. The summed E-state index contributed by atoms with van der Waals surface area (Å²) in [5.41, 5.74) is 1.10. The normalized spacial score (nSPS) is 15.8. The number of methoxy groups -OCH3 is 1. The van der Waals surface area contributed by atoms with Crippen molar-refractivity contribution >= 4 is 11.9 Å². The highest BCUT2D eigenvalue weighted by Gasteiger charge is 2.20. The number of guanidine groups is 1. The first-order valence-corrected chi connectivity index (χ1v) is 10.6. The average molecular weight is 404 g/mol. The second-order valence-corrected chi connectivity index (χ2v) is 7.77. The second-order valence-electron chi connectivity index (χ2n) is 7.77. The Labute approximate surface area is 175 Å². The molecule has 1 aromatic carbocycles. The van der Waals surface area contributed by atoms with Gasteiger partial charge in [-0.3, -0.25) is 4.79 Å². The Morgan fingerprint density at radius 3 is 2.52 bits per heavy atom. The number of hydrogen-bond donors (Lipinski definition) is 2. The predicted molar refractivity (Wildman–Crippen MR) is 118 cm³/mol. The summed E-state index contributed by atoms with van der Waals surface area (Å²) < 4.78 is 5.21. The third kappa shape index (κ3) is 8.31. The van der Waals surface area contributed by atoms with Gasteiger partial charge in [-0.2, -0.15) is 0 Å². The lowest BCUT2D eigenvalue weighted by Crippen LogP contribution is -2.50. The van der Waals surface area contributed by atoms with Crippen molar-refractivity contribution in [3.05, 3.63) is 29.8 Å². The number of piperidine rings is 1. The van der Waals surface area contributed by atoms with Gasteiger partial charge in [0.25, 0.3) is 0 Å². The Kier molecular flexibility index (Phi) is 9.77. The minimum Gasteiger partial charge on any atom is -0.497 e. The molecule has 0 unspecified atom stereocenters. The lowest BCUT2D eigenvalue weighted by atomic mass is 10.0. The van der Waals surface area contributed by atoms with E-state index in [1.807, 2.05) is 24.3 Å². The minimum atomic E-state index is 0.0262. The van der Waals surface area contributed by atoms with Gasteiger partial charge in [0, 0.05) is 33.2 Å². The Balaban J connectivity index is 1.94. The van der Waals surface area contributed by atoms with Crippen molar-refractivity contribution in [2.45, 2.75) is 45.2 Å².